The summed E-state index contributed by atoms with van der Waals surface area (Å²) in [7, 11) is 0. The highest BCUT2D eigenvalue weighted by atomic mass is 16.5. The van der Waals surface area contributed by atoms with Gasteiger partial charge in [0.2, 0.25) is 0 Å². The van der Waals surface area contributed by atoms with Crippen LogP contribution in [0, 0.1) is 0 Å². The molecule has 126 valence electrons. The Kier molecular flexibility index (Phi) is 9.12. The molecule has 1 aromatic carbocycles. The van der Waals surface area contributed by atoms with Gasteiger partial charge in [0, 0.05) is 11.1 Å². The van der Waals surface area contributed by atoms with E-state index in [0.29, 0.717) is 0 Å². The fraction of sp³-hybridized carbons (Fsp3) is 0.600. The van der Waals surface area contributed by atoms with E-state index >= 15 is 0 Å². The Morgan fingerprint density at radius 1 is 1.00 bits per heavy atom. The van der Waals surface area contributed by atoms with Crippen LogP contribution in [0.5, 0.6) is 5.75 Å². The van der Waals surface area contributed by atoms with E-state index in [1.807, 2.05) is 30.3 Å². The summed E-state index contributed by atoms with van der Waals surface area (Å²) in [4.78, 5) is 0. The highest BCUT2D eigenvalue weighted by Gasteiger charge is 2.18. The number of hydrogen-bond acceptors (Lipinski definition) is 2. The molecule has 0 heterocycles. The standard InChI is InChI=1S/C12H16O.C8H19N/c1-3-5-10-13-12-8-6-11(4-2)7-9-12;1-7(2,3)9-8(4,5)6/h4,6-9H,2-3,5,10H2,1H3;9H,1-6H3. The van der Waals surface area contributed by atoms with Gasteiger partial charge in [-0.1, -0.05) is 38.1 Å². The van der Waals surface area contributed by atoms with Crippen LogP contribution < -0.4 is 10.1 Å². The van der Waals surface area contributed by atoms with Gasteiger partial charge >= 0.3 is 0 Å². The molecule has 0 unspecified atom stereocenters. The van der Waals surface area contributed by atoms with Crippen LogP contribution in [0.2, 0.25) is 0 Å². The fourth-order valence-electron chi connectivity index (χ4n) is 2.16. The molecule has 0 aliphatic rings. The Morgan fingerprint density at radius 3 is 1.82 bits per heavy atom. The number of ether oxygens (including phenoxy) is 1. The summed E-state index contributed by atoms with van der Waals surface area (Å²) < 4.78 is 5.51. The van der Waals surface area contributed by atoms with Crippen molar-refractivity contribution in [2.45, 2.75) is 72.4 Å². The zero-order chi connectivity index (χ0) is 17.2. The second-order valence-electron chi connectivity index (χ2n) is 7.60. The average Bonchev–Trinajstić information content (AvgIpc) is 2.36. The van der Waals surface area contributed by atoms with Gasteiger partial charge in [-0.2, -0.15) is 0 Å². The van der Waals surface area contributed by atoms with Crippen LogP contribution in [0.3, 0.4) is 0 Å². The van der Waals surface area contributed by atoms with Crippen molar-refractivity contribution in [2.24, 2.45) is 0 Å². The molecular formula is C20H35NO. The molecule has 2 nitrogen and oxygen atoms in total. The lowest BCUT2D eigenvalue weighted by Crippen LogP contribution is -2.48. The first-order chi connectivity index (χ1) is 10.1. The smallest absolute Gasteiger partial charge is 0.119 e. The highest BCUT2D eigenvalue weighted by Crippen LogP contribution is 2.13. The Hall–Kier alpha value is -1.28. The van der Waals surface area contributed by atoms with Crippen LogP contribution in [0.25, 0.3) is 6.08 Å². The lowest BCUT2D eigenvalue weighted by molar-refractivity contribution is 0.303. The van der Waals surface area contributed by atoms with Crippen molar-refractivity contribution < 1.29 is 4.74 Å². The molecule has 0 radical (unpaired) electrons. The summed E-state index contributed by atoms with van der Waals surface area (Å²) in [6.07, 6.45) is 4.11. The molecular weight excluding hydrogens is 270 g/mol. The largest absolute Gasteiger partial charge is 0.494 e. The second kappa shape index (κ2) is 9.68. The van der Waals surface area contributed by atoms with Gasteiger partial charge in [0.1, 0.15) is 5.75 Å². The van der Waals surface area contributed by atoms with Gasteiger partial charge in [0.05, 0.1) is 6.61 Å². The van der Waals surface area contributed by atoms with E-state index in [1.165, 1.54) is 6.42 Å². The maximum Gasteiger partial charge on any atom is 0.119 e. The Labute approximate surface area is 138 Å². The van der Waals surface area contributed by atoms with E-state index in [0.717, 1.165) is 24.3 Å². The predicted molar refractivity (Wildman–Crippen MR) is 99.6 cm³/mol. The molecule has 0 spiro atoms. The molecule has 0 saturated heterocycles. The third kappa shape index (κ3) is 12.5. The van der Waals surface area contributed by atoms with Crippen LogP contribution in [0.1, 0.15) is 66.9 Å². The van der Waals surface area contributed by atoms with Gasteiger partial charge in [0.15, 0.2) is 0 Å². The topological polar surface area (TPSA) is 21.3 Å². The van der Waals surface area contributed by atoms with E-state index in [-0.39, 0.29) is 11.1 Å². The summed E-state index contributed by atoms with van der Waals surface area (Å²) >= 11 is 0. The molecule has 1 aromatic rings. The third-order valence-corrected chi connectivity index (χ3v) is 2.63. The molecule has 0 amide bonds. The van der Waals surface area contributed by atoms with Crippen molar-refractivity contribution >= 4 is 6.08 Å². The van der Waals surface area contributed by atoms with E-state index < -0.39 is 0 Å². The van der Waals surface area contributed by atoms with Gasteiger partial charge in [-0.15, -0.1) is 0 Å². The van der Waals surface area contributed by atoms with Gasteiger partial charge in [-0.3, -0.25) is 0 Å². The molecule has 0 bridgehead atoms. The predicted octanol–water partition coefficient (Wildman–Crippen LogP) is 5.68. The van der Waals surface area contributed by atoms with Crippen molar-refractivity contribution in [3.05, 3.63) is 36.4 Å². The first kappa shape index (κ1) is 20.7. The molecule has 1 N–H and O–H groups in total. The van der Waals surface area contributed by atoms with Gasteiger partial charge in [-0.25, -0.2) is 0 Å². The summed E-state index contributed by atoms with van der Waals surface area (Å²) in [6.45, 7) is 19.7. The first-order valence-electron chi connectivity index (χ1n) is 8.22. The average molecular weight is 306 g/mol. The van der Waals surface area contributed by atoms with Crippen molar-refractivity contribution in [2.75, 3.05) is 6.61 Å². The summed E-state index contributed by atoms with van der Waals surface area (Å²) in [6, 6.07) is 7.97. The molecule has 0 aromatic heterocycles. The Morgan fingerprint density at radius 2 is 1.50 bits per heavy atom. The van der Waals surface area contributed by atoms with Crippen LogP contribution >= 0.6 is 0 Å². The summed E-state index contributed by atoms with van der Waals surface area (Å²) in [5.74, 6) is 0.944. The number of hydrogen-bond donors (Lipinski definition) is 1. The molecule has 2 heteroatoms. The number of nitrogens with one attached hydrogen (secondary N) is 1. The molecule has 0 aliphatic heterocycles. The van der Waals surface area contributed by atoms with Crippen molar-refractivity contribution in [1.82, 2.24) is 5.32 Å². The molecule has 1 rings (SSSR count). The molecule has 0 saturated carbocycles. The maximum absolute atomic E-state index is 5.51. The minimum atomic E-state index is 0.234. The van der Waals surface area contributed by atoms with E-state index in [1.54, 1.807) is 0 Å². The zero-order valence-corrected chi connectivity index (χ0v) is 15.6. The molecule has 0 atom stereocenters. The van der Waals surface area contributed by atoms with Crippen molar-refractivity contribution in [3.8, 4) is 5.75 Å². The fourth-order valence-corrected chi connectivity index (χ4v) is 2.16. The quantitative estimate of drug-likeness (QED) is 0.706. The lowest BCUT2D eigenvalue weighted by Gasteiger charge is -2.31. The number of rotatable bonds is 5. The van der Waals surface area contributed by atoms with Crippen molar-refractivity contribution in [3.63, 3.8) is 0 Å². The van der Waals surface area contributed by atoms with E-state index in [9.17, 15) is 0 Å². The monoisotopic (exact) mass is 305 g/mol. The van der Waals surface area contributed by atoms with Gasteiger partial charge < -0.3 is 10.1 Å². The number of benzene rings is 1. The van der Waals surface area contributed by atoms with Crippen LogP contribution in [-0.4, -0.2) is 17.7 Å². The van der Waals surface area contributed by atoms with Crippen molar-refractivity contribution in [1.29, 1.82) is 0 Å². The first-order valence-corrected chi connectivity index (χ1v) is 8.22. The molecule has 0 fully saturated rings. The van der Waals surface area contributed by atoms with E-state index in [4.69, 9.17) is 4.74 Å². The third-order valence-electron chi connectivity index (χ3n) is 2.63. The maximum atomic E-state index is 5.51. The summed E-state index contributed by atoms with van der Waals surface area (Å²) in [5.41, 5.74) is 1.60. The zero-order valence-electron chi connectivity index (χ0n) is 15.6. The molecule has 0 aliphatic carbocycles. The van der Waals surface area contributed by atoms with E-state index in [2.05, 4.69) is 60.4 Å². The SMILES string of the molecule is C=Cc1ccc(OCCCC)cc1.CC(C)(C)NC(C)(C)C. The minimum Gasteiger partial charge on any atom is -0.494 e. The molecule has 22 heavy (non-hydrogen) atoms. The van der Waals surface area contributed by atoms with Crippen LogP contribution in [0.4, 0.5) is 0 Å². The normalized spacial score (nSPS) is 11.4. The van der Waals surface area contributed by atoms with Gasteiger partial charge in [-0.05, 0) is 65.7 Å². The van der Waals surface area contributed by atoms with Crippen LogP contribution in [-0.2, 0) is 0 Å². The highest BCUT2D eigenvalue weighted by molar-refractivity contribution is 5.48. The second-order valence-corrected chi connectivity index (χ2v) is 7.60. The van der Waals surface area contributed by atoms with Crippen LogP contribution in [0.15, 0.2) is 30.8 Å². The number of unbranched alkanes of at least 4 members (excludes halogenated alkanes) is 1. The lowest BCUT2D eigenvalue weighted by atomic mass is 10.0. The van der Waals surface area contributed by atoms with Gasteiger partial charge in [0.25, 0.3) is 0 Å². The Balaban J connectivity index is 0.000000433. The minimum absolute atomic E-state index is 0.234. The Bertz CT molecular complexity index is 395. The summed E-state index contributed by atoms with van der Waals surface area (Å²) in [5, 5.41) is 3.46.